The van der Waals surface area contributed by atoms with Gasteiger partial charge in [0.15, 0.2) is 0 Å². The number of carbonyl (C=O) groups is 1. The number of imidazole rings is 1. The number of amides is 1. The Labute approximate surface area is 206 Å². The fourth-order valence-corrected chi connectivity index (χ4v) is 4.44. The molecule has 174 valence electrons. The lowest BCUT2D eigenvalue weighted by atomic mass is 9.96. The Kier molecular flexibility index (Phi) is 6.91. The third kappa shape index (κ3) is 5.41. The molecule has 0 fully saturated rings. The lowest BCUT2D eigenvalue weighted by molar-refractivity contribution is 0.0951. The normalized spacial score (nSPS) is 11.0. The molecular weight excluding hydrogens is 474 g/mol. The Hall–Kier alpha value is -3.35. The quantitative estimate of drug-likeness (QED) is 0.353. The van der Waals surface area contributed by atoms with E-state index in [-0.39, 0.29) is 18.3 Å². The number of hydrogen-bond donors (Lipinski definition) is 2. The SMILES string of the molecule is Cc1cc(F)ccc1-c1cc(Cn2ccn(C)c2=N)cc(C(=O)NCc2cc(Cl)cc(Cl)c2)c1. The molecule has 0 atom stereocenters. The van der Waals surface area contributed by atoms with Crippen molar-refractivity contribution >= 4 is 29.1 Å². The van der Waals surface area contributed by atoms with Crippen molar-refractivity contribution in [2.45, 2.75) is 20.0 Å². The first-order chi connectivity index (χ1) is 16.2. The summed E-state index contributed by atoms with van der Waals surface area (Å²) >= 11 is 12.1. The summed E-state index contributed by atoms with van der Waals surface area (Å²) < 4.78 is 17.2. The van der Waals surface area contributed by atoms with Crippen LogP contribution in [-0.4, -0.2) is 15.0 Å². The van der Waals surface area contributed by atoms with E-state index in [4.69, 9.17) is 28.6 Å². The summed E-state index contributed by atoms with van der Waals surface area (Å²) in [4.78, 5) is 13.1. The van der Waals surface area contributed by atoms with Crippen LogP contribution in [0.2, 0.25) is 10.0 Å². The number of benzene rings is 3. The average molecular weight is 497 g/mol. The summed E-state index contributed by atoms with van der Waals surface area (Å²) in [6.07, 6.45) is 3.63. The molecule has 0 radical (unpaired) electrons. The van der Waals surface area contributed by atoms with Crippen LogP contribution in [0.1, 0.15) is 27.0 Å². The van der Waals surface area contributed by atoms with Gasteiger partial charge in [0.25, 0.3) is 5.91 Å². The molecular formula is C26H23Cl2FN4O. The van der Waals surface area contributed by atoms with Crippen LogP contribution in [0.15, 0.2) is 67.0 Å². The van der Waals surface area contributed by atoms with Crippen LogP contribution in [0.5, 0.6) is 0 Å². The fourth-order valence-electron chi connectivity index (χ4n) is 3.87. The smallest absolute Gasteiger partial charge is 0.251 e. The number of aromatic nitrogens is 2. The summed E-state index contributed by atoms with van der Waals surface area (Å²) in [6.45, 7) is 2.51. The van der Waals surface area contributed by atoms with E-state index in [9.17, 15) is 9.18 Å². The summed E-state index contributed by atoms with van der Waals surface area (Å²) in [5.41, 5.74) is 4.85. The Balaban J connectivity index is 1.69. The van der Waals surface area contributed by atoms with Crippen molar-refractivity contribution in [3.05, 3.63) is 111 Å². The van der Waals surface area contributed by atoms with Crippen LogP contribution in [0.3, 0.4) is 0 Å². The van der Waals surface area contributed by atoms with E-state index < -0.39 is 0 Å². The van der Waals surface area contributed by atoms with Crippen molar-refractivity contribution in [2.24, 2.45) is 7.05 Å². The van der Waals surface area contributed by atoms with Crippen LogP contribution < -0.4 is 10.9 Å². The van der Waals surface area contributed by atoms with Gasteiger partial charge in [0, 0.05) is 41.6 Å². The molecule has 1 amide bonds. The van der Waals surface area contributed by atoms with Crippen LogP contribution in [0.25, 0.3) is 11.1 Å². The van der Waals surface area contributed by atoms with E-state index in [2.05, 4.69) is 5.32 Å². The van der Waals surface area contributed by atoms with Gasteiger partial charge in [0.2, 0.25) is 5.62 Å². The first kappa shape index (κ1) is 23.8. The monoisotopic (exact) mass is 496 g/mol. The Bertz CT molecular complexity index is 1420. The van der Waals surface area contributed by atoms with Crippen LogP contribution in [0, 0.1) is 18.2 Å². The first-order valence-electron chi connectivity index (χ1n) is 10.6. The van der Waals surface area contributed by atoms with E-state index in [0.29, 0.717) is 27.8 Å². The first-order valence-corrected chi connectivity index (χ1v) is 11.4. The summed E-state index contributed by atoms with van der Waals surface area (Å²) in [6, 6.07) is 15.3. The highest BCUT2D eigenvalue weighted by Crippen LogP contribution is 2.27. The maximum atomic E-state index is 13.7. The highest BCUT2D eigenvalue weighted by atomic mass is 35.5. The zero-order chi connectivity index (χ0) is 24.4. The second kappa shape index (κ2) is 9.87. The molecule has 4 aromatic rings. The standard InChI is InChI=1S/C26H23Cl2FN4O/c1-16-7-23(29)3-4-24(16)19-8-18(15-33-6-5-32(2)26(33)30)9-20(12-19)25(34)31-14-17-10-21(27)13-22(28)11-17/h3-13,30H,14-15H2,1-2H3,(H,31,34). The van der Waals surface area contributed by atoms with Crippen LogP contribution in [0.4, 0.5) is 4.39 Å². The van der Waals surface area contributed by atoms with Gasteiger partial charge in [-0.3, -0.25) is 10.2 Å². The molecule has 0 bridgehead atoms. The van der Waals surface area contributed by atoms with Crippen LogP contribution >= 0.6 is 23.2 Å². The van der Waals surface area contributed by atoms with Crippen molar-refractivity contribution in [3.8, 4) is 11.1 Å². The van der Waals surface area contributed by atoms with Gasteiger partial charge in [-0.05, 0) is 83.3 Å². The molecule has 34 heavy (non-hydrogen) atoms. The maximum Gasteiger partial charge on any atom is 0.251 e. The number of carbonyl (C=O) groups excluding carboxylic acids is 1. The van der Waals surface area contributed by atoms with E-state index in [0.717, 1.165) is 27.8 Å². The lowest BCUT2D eigenvalue weighted by Crippen LogP contribution is -2.24. The summed E-state index contributed by atoms with van der Waals surface area (Å²) in [5, 5.41) is 12.1. The Morgan fingerprint density at radius 1 is 1.00 bits per heavy atom. The average Bonchev–Trinajstić information content (AvgIpc) is 3.08. The molecule has 0 saturated carbocycles. The fraction of sp³-hybridized carbons (Fsp3) is 0.154. The zero-order valence-electron chi connectivity index (χ0n) is 18.7. The Morgan fingerprint density at radius 2 is 1.74 bits per heavy atom. The molecule has 1 aromatic heterocycles. The predicted octanol–water partition coefficient (Wildman–Crippen LogP) is 5.71. The van der Waals surface area contributed by atoms with Gasteiger partial charge in [-0.1, -0.05) is 29.3 Å². The molecule has 5 nitrogen and oxygen atoms in total. The van der Waals surface area contributed by atoms with E-state index in [1.54, 1.807) is 52.7 Å². The van der Waals surface area contributed by atoms with Crippen molar-refractivity contribution in [1.82, 2.24) is 14.5 Å². The van der Waals surface area contributed by atoms with Gasteiger partial charge in [-0.15, -0.1) is 0 Å². The Morgan fingerprint density at radius 3 is 2.38 bits per heavy atom. The molecule has 0 aliphatic rings. The van der Waals surface area contributed by atoms with Crippen molar-refractivity contribution in [1.29, 1.82) is 5.41 Å². The maximum absolute atomic E-state index is 13.7. The minimum absolute atomic E-state index is 0.261. The number of nitrogens with one attached hydrogen (secondary N) is 2. The molecule has 0 spiro atoms. The second-order valence-electron chi connectivity index (χ2n) is 8.20. The van der Waals surface area contributed by atoms with Crippen molar-refractivity contribution in [3.63, 3.8) is 0 Å². The summed E-state index contributed by atoms with van der Waals surface area (Å²) in [7, 11) is 1.80. The van der Waals surface area contributed by atoms with Gasteiger partial charge in [0.05, 0.1) is 6.54 Å². The number of nitrogens with zero attached hydrogens (tertiary/aromatic N) is 2. The van der Waals surface area contributed by atoms with E-state index in [1.807, 2.05) is 25.3 Å². The van der Waals surface area contributed by atoms with Crippen molar-refractivity contribution < 1.29 is 9.18 Å². The minimum Gasteiger partial charge on any atom is -0.348 e. The molecule has 1 heterocycles. The molecule has 3 aromatic carbocycles. The summed E-state index contributed by atoms with van der Waals surface area (Å²) in [5.74, 6) is -0.572. The molecule has 0 aliphatic heterocycles. The second-order valence-corrected chi connectivity index (χ2v) is 9.07. The molecule has 0 saturated heterocycles. The number of rotatable bonds is 6. The number of hydrogen-bond acceptors (Lipinski definition) is 2. The topological polar surface area (TPSA) is 62.8 Å². The van der Waals surface area contributed by atoms with E-state index >= 15 is 0 Å². The molecule has 2 N–H and O–H groups in total. The number of halogens is 3. The predicted molar refractivity (Wildman–Crippen MR) is 133 cm³/mol. The minimum atomic E-state index is -0.311. The molecule has 0 aliphatic carbocycles. The van der Waals surface area contributed by atoms with Crippen LogP contribution in [-0.2, 0) is 20.1 Å². The van der Waals surface area contributed by atoms with Gasteiger partial charge in [0.1, 0.15) is 5.82 Å². The molecule has 0 unspecified atom stereocenters. The largest absolute Gasteiger partial charge is 0.348 e. The molecule has 4 rings (SSSR count). The zero-order valence-corrected chi connectivity index (χ0v) is 20.2. The number of aryl methyl sites for hydroxylation is 2. The third-order valence-electron chi connectivity index (χ3n) is 5.56. The highest BCUT2D eigenvalue weighted by molar-refractivity contribution is 6.34. The van der Waals surface area contributed by atoms with Gasteiger partial charge < -0.3 is 14.5 Å². The lowest BCUT2D eigenvalue weighted by Gasteiger charge is -2.13. The van der Waals surface area contributed by atoms with E-state index in [1.165, 1.54) is 12.1 Å². The van der Waals surface area contributed by atoms with Gasteiger partial charge in [-0.2, -0.15) is 0 Å². The van der Waals surface area contributed by atoms with Gasteiger partial charge in [-0.25, -0.2) is 4.39 Å². The van der Waals surface area contributed by atoms with Gasteiger partial charge >= 0.3 is 0 Å². The highest BCUT2D eigenvalue weighted by Gasteiger charge is 2.13. The van der Waals surface area contributed by atoms with Crippen molar-refractivity contribution in [2.75, 3.05) is 0 Å². The molecule has 8 heteroatoms. The third-order valence-corrected chi connectivity index (χ3v) is 6.00.